The summed E-state index contributed by atoms with van der Waals surface area (Å²) in [6.07, 6.45) is 0.720. The van der Waals surface area contributed by atoms with Crippen molar-refractivity contribution in [3.63, 3.8) is 0 Å². The fourth-order valence-corrected chi connectivity index (χ4v) is 2.97. The van der Waals surface area contributed by atoms with Crippen LogP contribution in [-0.4, -0.2) is 5.78 Å². The quantitative estimate of drug-likeness (QED) is 0.699. The van der Waals surface area contributed by atoms with E-state index in [1.54, 1.807) is 0 Å². The second-order valence-electron chi connectivity index (χ2n) is 5.71. The molecule has 0 aromatic heterocycles. The number of hydrogen-bond donors (Lipinski definition) is 0. The van der Waals surface area contributed by atoms with Crippen LogP contribution < -0.4 is 0 Å². The van der Waals surface area contributed by atoms with Crippen molar-refractivity contribution in [2.75, 3.05) is 0 Å². The summed E-state index contributed by atoms with van der Waals surface area (Å²) >= 11 is 0. The van der Waals surface area contributed by atoms with Crippen molar-refractivity contribution in [2.24, 2.45) is 5.41 Å². The standard InChI is InChI=1S/C15H20O/c1-9-6-10(2)14(11(3)7-9)12-8-13(16)15(12,4)5/h6-7,12H,8H2,1-5H3. The first-order valence-corrected chi connectivity index (χ1v) is 5.95. The predicted octanol–water partition coefficient (Wildman–Crippen LogP) is 3.69. The first kappa shape index (κ1) is 11.4. The van der Waals surface area contributed by atoms with Gasteiger partial charge in [-0.3, -0.25) is 4.79 Å². The van der Waals surface area contributed by atoms with Crippen LogP contribution in [0.15, 0.2) is 12.1 Å². The molecule has 0 spiro atoms. The third-order valence-electron chi connectivity index (χ3n) is 4.07. The van der Waals surface area contributed by atoms with Crippen molar-refractivity contribution in [1.82, 2.24) is 0 Å². The lowest BCUT2D eigenvalue weighted by atomic mass is 9.58. The Bertz CT molecular complexity index is 431. The van der Waals surface area contributed by atoms with Crippen molar-refractivity contribution in [2.45, 2.75) is 47.0 Å². The summed E-state index contributed by atoms with van der Waals surface area (Å²) in [5.74, 6) is 0.817. The van der Waals surface area contributed by atoms with Crippen molar-refractivity contribution in [3.8, 4) is 0 Å². The molecule has 1 aliphatic carbocycles. The molecule has 0 saturated heterocycles. The van der Waals surface area contributed by atoms with Gasteiger partial charge in [-0.1, -0.05) is 31.5 Å². The topological polar surface area (TPSA) is 17.1 Å². The molecule has 1 aromatic carbocycles. The number of benzene rings is 1. The molecule has 0 amide bonds. The smallest absolute Gasteiger partial charge is 0.139 e. The predicted molar refractivity (Wildman–Crippen MR) is 66.8 cm³/mol. The third-order valence-corrected chi connectivity index (χ3v) is 4.07. The van der Waals surface area contributed by atoms with E-state index < -0.39 is 0 Å². The molecule has 16 heavy (non-hydrogen) atoms. The molecular weight excluding hydrogens is 196 g/mol. The summed E-state index contributed by atoms with van der Waals surface area (Å²) in [5, 5.41) is 0. The molecular formula is C15H20O. The number of hydrogen-bond acceptors (Lipinski definition) is 1. The summed E-state index contributed by atoms with van der Waals surface area (Å²) in [4.78, 5) is 11.6. The molecule has 1 heteroatoms. The van der Waals surface area contributed by atoms with Crippen LogP contribution in [0.2, 0.25) is 0 Å². The maximum absolute atomic E-state index is 11.6. The van der Waals surface area contributed by atoms with E-state index in [1.165, 1.54) is 22.3 Å². The van der Waals surface area contributed by atoms with Crippen LogP contribution in [0.5, 0.6) is 0 Å². The second kappa shape index (κ2) is 3.44. The minimum atomic E-state index is -0.162. The number of carbonyl (C=O) groups excluding carboxylic acids is 1. The van der Waals surface area contributed by atoms with Crippen LogP contribution in [0, 0.1) is 26.2 Å². The lowest BCUT2D eigenvalue weighted by Gasteiger charge is -2.44. The fourth-order valence-electron chi connectivity index (χ4n) is 2.97. The van der Waals surface area contributed by atoms with Gasteiger partial charge < -0.3 is 0 Å². The minimum absolute atomic E-state index is 0.162. The zero-order valence-corrected chi connectivity index (χ0v) is 10.8. The molecule has 1 aliphatic rings. The molecule has 86 valence electrons. The van der Waals surface area contributed by atoms with Crippen molar-refractivity contribution < 1.29 is 4.79 Å². The van der Waals surface area contributed by atoms with E-state index in [-0.39, 0.29) is 5.41 Å². The van der Waals surface area contributed by atoms with Gasteiger partial charge in [0.25, 0.3) is 0 Å². The lowest BCUT2D eigenvalue weighted by molar-refractivity contribution is -0.138. The fraction of sp³-hybridized carbons (Fsp3) is 0.533. The molecule has 1 aromatic rings. The number of ketones is 1. The Morgan fingerprint density at radius 3 is 2.00 bits per heavy atom. The van der Waals surface area contributed by atoms with Crippen molar-refractivity contribution in [1.29, 1.82) is 0 Å². The van der Waals surface area contributed by atoms with Crippen LogP contribution in [0.3, 0.4) is 0 Å². The van der Waals surface area contributed by atoms with Gasteiger partial charge in [-0.15, -0.1) is 0 Å². The maximum atomic E-state index is 11.6. The van der Waals surface area contributed by atoms with E-state index in [1.807, 2.05) is 0 Å². The molecule has 0 bridgehead atoms. The van der Waals surface area contributed by atoms with Gasteiger partial charge in [-0.25, -0.2) is 0 Å². The van der Waals surface area contributed by atoms with E-state index in [2.05, 4.69) is 46.8 Å². The summed E-state index contributed by atoms with van der Waals surface area (Å²) < 4.78 is 0. The Morgan fingerprint density at radius 1 is 1.12 bits per heavy atom. The minimum Gasteiger partial charge on any atom is -0.299 e. The van der Waals surface area contributed by atoms with Crippen LogP contribution in [0.25, 0.3) is 0 Å². The van der Waals surface area contributed by atoms with E-state index in [4.69, 9.17) is 0 Å². The number of aryl methyl sites for hydroxylation is 3. The highest BCUT2D eigenvalue weighted by Crippen LogP contribution is 2.51. The van der Waals surface area contributed by atoms with Gasteiger partial charge >= 0.3 is 0 Å². The van der Waals surface area contributed by atoms with Gasteiger partial charge in [0, 0.05) is 17.8 Å². The Morgan fingerprint density at radius 2 is 1.62 bits per heavy atom. The SMILES string of the molecule is Cc1cc(C)c(C2CC(=O)C2(C)C)c(C)c1. The number of Topliss-reactive ketones (excluding diaryl/α,β-unsaturated/α-hetero) is 1. The Hall–Kier alpha value is -1.11. The molecule has 1 unspecified atom stereocenters. The number of carbonyl (C=O) groups is 1. The molecule has 0 aliphatic heterocycles. The summed E-state index contributed by atoms with van der Waals surface area (Å²) in [6, 6.07) is 4.45. The molecule has 1 fully saturated rings. The first-order valence-electron chi connectivity index (χ1n) is 5.95. The Kier molecular flexibility index (Phi) is 2.45. The summed E-state index contributed by atoms with van der Waals surface area (Å²) in [6.45, 7) is 10.6. The van der Waals surface area contributed by atoms with Crippen LogP contribution in [-0.2, 0) is 4.79 Å². The largest absolute Gasteiger partial charge is 0.299 e. The van der Waals surface area contributed by atoms with Crippen molar-refractivity contribution in [3.05, 3.63) is 34.4 Å². The lowest BCUT2D eigenvalue weighted by Crippen LogP contribution is -2.44. The van der Waals surface area contributed by atoms with Gasteiger partial charge in [-0.05, 0) is 37.5 Å². The zero-order valence-electron chi connectivity index (χ0n) is 10.8. The average Bonchev–Trinajstić information content (AvgIpc) is 2.15. The van der Waals surface area contributed by atoms with Crippen LogP contribution in [0.4, 0.5) is 0 Å². The maximum Gasteiger partial charge on any atom is 0.139 e. The Labute approximate surface area is 97.9 Å². The molecule has 1 nitrogen and oxygen atoms in total. The molecule has 1 atom stereocenters. The van der Waals surface area contributed by atoms with E-state index >= 15 is 0 Å². The van der Waals surface area contributed by atoms with E-state index in [0.29, 0.717) is 11.7 Å². The van der Waals surface area contributed by atoms with Crippen LogP contribution in [0.1, 0.15) is 48.4 Å². The highest BCUT2D eigenvalue weighted by Gasteiger charge is 2.48. The molecule has 2 rings (SSSR count). The Balaban J connectivity index is 2.47. The third kappa shape index (κ3) is 1.50. The van der Waals surface area contributed by atoms with Gasteiger partial charge in [0.15, 0.2) is 0 Å². The molecule has 1 saturated carbocycles. The van der Waals surface area contributed by atoms with Crippen molar-refractivity contribution >= 4 is 5.78 Å². The first-order chi connectivity index (χ1) is 7.34. The van der Waals surface area contributed by atoms with Gasteiger partial charge in [-0.2, -0.15) is 0 Å². The second-order valence-corrected chi connectivity index (χ2v) is 5.71. The molecule has 0 N–H and O–H groups in total. The molecule has 0 heterocycles. The zero-order chi connectivity index (χ0) is 12.1. The summed E-state index contributed by atoms with van der Waals surface area (Å²) in [7, 11) is 0. The number of rotatable bonds is 1. The highest BCUT2D eigenvalue weighted by molar-refractivity contribution is 5.92. The average molecular weight is 216 g/mol. The van der Waals surface area contributed by atoms with Gasteiger partial charge in [0.05, 0.1) is 0 Å². The molecule has 0 radical (unpaired) electrons. The van der Waals surface area contributed by atoms with E-state index in [9.17, 15) is 4.79 Å². The van der Waals surface area contributed by atoms with Gasteiger partial charge in [0.1, 0.15) is 5.78 Å². The van der Waals surface area contributed by atoms with Crippen LogP contribution >= 0.6 is 0 Å². The highest BCUT2D eigenvalue weighted by atomic mass is 16.1. The summed E-state index contributed by atoms with van der Waals surface area (Å²) in [5.41, 5.74) is 5.22. The van der Waals surface area contributed by atoms with E-state index in [0.717, 1.165) is 6.42 Å². The normalized spacial score (nSPS) is 23.1. The van der Waals surface area contributed by atoms with Gasteiger partial charge in [0.2, 0.25) is 0 Å². The monoisotopic (exact) mass is 216 g/mol.